The van der Waals surface area contributed by atoms with Crippen molar-refractivity contribution < 1.29 is 9.90 Å². The Morgan fingerprint density at radius 3 is 2.38 bits per heavy atom. The van der Waals surface area contributed by atoms with Gasteiger partial charge in [-0.3, -0.25) is 14.7 Å². The molecule has 2 aromatic heterocycles. The first-order chi connectivity index (χ1) is 11.9. The van der Waals surface area contributed by atoms with Crippen molar-refractivity contribution in [3.8, 4) is 0 Å². The lowest BCUT2D eigenvalue weighted by molar-refractivity contribution is -0.117. The molecule has 3 rings (SSSR count). The normalized spacial score (nSPS) is 17.2. The van der Waals surface area contributed by atoms with Crippen LogP contribution in [0.2, 0.25) is 0 Å². The number of amides is 1. The number of imidazole rings is 1. The third-order valence-electron chi connectivity index (χ3n) is 5.04. The summed E-state index contributed by atoms with van der Waals surface area (Å²) in [7, 11) is 0. The molecule has 2 N–H and O–H groups in total. The second-order valence-corrected chi connectivity index (χ2v) is 9.51. The number of hydrogen-bond acceptors (Lipinski definition) is 4. The van der Waals surface area contributed by atoms with Gasteiger partial charge in [-0.1, -0.05) is 20.8 Å². The van der Waals surface area contributed by atoms with E-state index >= 15 is 0 Å². The Morgan fingerprint density at radius 2 is 1.88 bits per heavy atom. The molecule has 1 aliphatic carbocycles. The Morgan fingerprint density at radius 1 is 1.23 bits per heavy atom. The van der Waals surface area contributed by atoms with E-state index in [0.717, 1.165) is 30.4 Å². The standard InChI is InChI=1S/C20H30N4O2/c1-18(2,3)12-15(25)23-17-21-13-8-9-14(19(4,5)26)22-16(13)24(17)20(6)10-7-11-20/h8-9,26H,7,10-12H2,1-6H3,(H,21,23,25). The zero-order chi connectivity index (χ0) is 19.3. The van der Waals surface area contributed by atoms with Crippen molar-refractivity contribution >= 4 is 23.0 Å². The van der Waals surface area contributed by atoms with E-state index in [9.17, 15) is 9.90 Å². The van der Waals surface area contributed by atoms with Crippen molar-refractivity contribution in [2.24, 2.45) is 5.41 Å². The fourth-order valence-electron chi connectivity index (χ4n) is 3.46. The number of carbonyl (C=O) groups is 1. The molecule has 0 spiro atoms. The molecule has 0 aromatic carbocycles. The maximum absolute atomic E-state index is 12.5. The average Bonchev–Trinajstić information content (AvgIpc) is 2.78. The summed E-state index contributed by atoms with van der Waals surface area (Å²) < 4.78 is 2.06. The van der Waals surface area contributed by atoms with Gasteiger partial charge in [-0.25, -0.2) is 9.97 Å². The van der Waals surface area contributed by atoms with Crippen LogP contribution < -0.4 is 5.32 Å². The minimum atomic E-state index is -1.03. The third-order valence-corrected chi connectivity index (χ3v) is 5.04. The largest absolute Gasteiger partial charge is 0.384 e. The summed E-state index contributed by atoms with van der Waals surface area (Å²) in [5.41, 5.74) is 0.828. The zero-order valence-corrected chi connectivity index (χ0v) is 16.7. The van der Waals surface area contributed by atoms with Crippen LogP contribution in [0.15, 0.2) is 12.1 Å². The molecular weight excluding hydrogens is 328 g/mol. The van der Waals surface area contributed by atoms with Gasteiger partial charge in [0.1, 0.15) is 11.1 Å². The Balaban J connectivity index is 2.08. The van der Waals surface area contributed by atoms with Crippen LogP contribution in [-0.2, 0) is 15.9 Å². The van der Waals surface area contributed by atoms with Crippen LogP contribution in [0.3, 0.4) is 0 Å². The maximum atomic E-state index is 12.5. The Kier molecular flexibility index (Phi) is 4.38. The van der Waals surface area contributed by atoms with Crippen LogP contribution in [0, 0.1) is 5.41 Å². The number of hydrogen-bond donors (Lipinski definition) is 2. The van der Waals surface area contributed by atoms with Crippen molar-refractivity contribution in [2.45, 2.75) is 78.4 Å². The molecule has 142 valence electrons. The van der Waals surface area contributed by atoms with Gasteiger partial charge in [-0.05, 0) is 57.6 Å². The fourth-order valence-corrected chi connectivity index (χ4v) is 3.46. The first-order valence-corrected chi connectivity index (χ1v) is 9.32. The molecule has 6 heteroatoms. The van der Waals surface area contributed by atoms with Gasteiger partial charge in [-0.15, -0.1) is 0 Å². The van der Waals surface area contributed by atoms with Crippen LogP contribution in [0.5, 0.6) is 0 Å². The molecular formula is C20H30N4O2. The van der Waals surface area contributed by atoms with E-state index in [1.165, 1.54) is 0 Å². The van der Waals surface area contributed by atoms with E-state index in [0.29, 0.717) is 18.1 Å². The molecule has 0 atom stereocenters. The number of carbonyl (C=O) groups excluding carboxylic acids is 1. The van der Waals surface area contributed by atoms with Crippen LogP contribution in [0.4, 0.5) is 5.95 Å². The molecule has 0 unspecified atom stereocenters. The predicted octanol–water partition coefficient (Wildman–Crippen LogP) is 3.93. The van der Waals surface area contributed by atoms with Crippen LogP contribution in [0.25, 0.3) is 11.2 Å². The molecule has 2 aromatic rings. The van der Waals surface area contributed by atoms with Gasteiger partial charge in [0.2, 0.25) is 11.9 Å². The summed E-state index contributed by atoms with van der Waals surface area (Å²) in [6.45, 7) is 11.7. The van der Waals surface area contributed by atoms with E-state index in [2.05, 4.69) is 21.8 Å². The van der Waals surface area contributed by atoms with Gasteiger partial charge in [0.05, 0.1) is 5.69 Å². The zero-order valence-electron chi connectivity index (χ0n) is 16.7. The van der Waals surface area contributed by atoms with Crippen molar-refractivity contribution in [3.05, 3.63) is 17.8 Å². The van der Waals surface area contributed by atoms with E-state index in [1.807, 2.05) is 26.8 Å². The first kappa shape index (κ1) is 18.8. The van der Waals surface area contributed by atoms with Gasteiger partial charge < -0.3 is 5.11 Å². The average molecular weight is 358 g/mol. The highest BCUT2D eigenvalue weighted by Gasteiger charge is 2.38. The first-order valence-electron chi connectivity index (χ1n) is 9.32. The predicted molar refractivity (Wildman–Crippen MR) is 103 cm³/mol. The smallest absolute Gasteiger partial charge is 0.227 e. The van der Waals surface area contributed by atoms with Gasteiger partial charge in [0.25, 0.3) is 0 Å². The van der Waals surface area contributed by atoms with Gasteiger partial charge in [0.15, 0.2) is 5.65 Å². The monoisotopic (exact) mass is 358 g/mol. The topological polar surface area (TPSA) is 80.0 Å². The second kappa shape index (κ2) is 6.05. The molecule has 1 saturated carbocycles. The molecule has 26 heavy (non-hydrogen) atoms. The highest BCUT2D eigenvalue weighted by atomic mass is 16.3. The number of nitrogens with one attached hydrogen (secondary N) is 1. The number of aromatic nitrogens is 3. The van der Waals surface area contributed by atoms with Gasteiger partial charge >= 0.3 is 0 Å². The quantitative estimate of drug-likeness (QED) is 0.868. The van der Waals surface area contributed by atoms with E-state index in [4.69, 9.17) is 4.98 Å². The third kappa shape index (κ3) is 3.61. The Bertz CT molecular complexity index is 836. The summed E-state index contributed by atoms with van der Waals surface area (Å²) in [5.74, 6) is 0.511. The number of anilines is 1. The van der Waals surface area contributed by atoms with E-state index in [1.54, 1.807) is 19.9 Å². The molecule has 0 aliphatic heterocycles. The molecule has 0 radical (unpaired) electrons. The van der Waals surface area contributed by atoms with Crippen LogP contribution in [0.1, 0.15) is 72.9 Å². The highest BCUT2D eigenvalue weighted by molar-refractivity contribution is 5.91. The summed E-state index contributed by atoms with van der Waals surface area (Å²) in [5, 5.41) is 13.3. The van der Waals surface area contributed by atoms with E-state index in [-0.39, 0.29) is 16.9 Å². The molecule has 0 bridgehead atoms. The lowest BCUT2D eigenvalue weighted by Gasteiger charge is -2.40. The highest BCUT2D eigenvalue weighted by Crippen LogP contribution is 2.42. The van der Waals surface area contributed by atoms with Crippen LogP contribution >= 0.6 is 0 Å². The summed E-state index contributed by atoms with van der Waals surface area (Å²) in [6.07, 6.45) is 3.62. The molecule has 1 amide bonds. The van der Waals surface area contributed by atoms with Gasteiger partial charge in [0, 0.05) is 12.0 Å². The summed E-state index contributed by atoms with van der Waals surface area (Å²) in [4.78, 5) is 21.8. The molecule has 0 saturated heterocycles. The SMILES string of the molecule is CC(C)(C)CC(=O)Nc1nc2ccc(C(C)(C)O)nc2n1C1(C)CCC1. The van der Waals surface area contributed by atoms with Crippen molar-refractivity contribution in [1.82, 2.24) is 14.5 Å². The number of nitrogens with zero attached hydrogens (tertiary/aromatic N) is 3. The van der Waals surface area contributed by atoms with Crippen molar-refractivity contribution in [1.29, 1.82) is 0 Å². The minimum Gasteiger partial charge on any atom is -0.384 e. The maximum Gasteiger partial charge on any atom is 0.227 e. The Hall–Kier alpha value is -1.95. The lowest BCUT2D eigenvalue weighted by atomic mass is 9.78. The number of pyridine rings is 1. The fraction of sp³-hybridized carbons (Fsp3) is 0.650. The lowest BCUT2D eigenvalue weighted by Crippen LogP contribution is -2.39. The molecule has 2 heterocycles. The molecule has 1 fully saturated rings. The van der Waals surface area contributed by atoms with Gasteiger partial charge in [-0.2, -0.15) is 0 Å². The van der Waals surface area contributed by atoms with Crippen molar-refractivity contribution in [2.75, 3.05) is 5.32 Å². The van der Waals surface area contributed by atoms with E-state index < -0.39 is 5.60 Å². The molecule has 1 aliphatic rings. The summed E-state index contributed by atoms with van der Waals surface area (Å²) in [6, 6.07) is 3.66. The second-order valence-electron chi connectivity index (χ2n) is 9.51. The number of aliphatic hydroxyl groups is 1. The number of rotatable bonds is 4. The van der Waals surface area contributed by atoms with Crippen LogP contribution in [-0.4, -0.2) is 25.5 Å². The number of fused-ring (bicyclic) bond motifs is 1. The molecule has 6 nitrogen and oxygen atoms in total. The minimum absolute atomic E-state index is 0.0420. The van der Waals surface area contributed by atoms with Crippen molar-refractivity contribution in [3.63, 3.8) is 0 Å². The Labute approximate surface area is 155 Å². The summed E-state index contributed by atoms with van der Waals surface area (Å²) >= 11 is 0.